The molecule has 0 spiro atoms. The van der Waals surface area contributed by atoms with Crippen molar-refractivity contribution in [2.45, 2.75) is 63.9 Å². The lowest BCUT2D eigenvalue weighted by molar-refractivity contribution is 0.346. The molecule has 0 saturated carbocycles. The van der Waals surface area contributed by atoms with Crippen molar-refractivity contribution in [2.75, 3.05) is 6.61 Å². The summed E-state index contributed by atoms with van der Waals surface area (Å²) in [5.41, 5.74) is 0. The third-order valence-electron chi connectivity index (χ3n) is 3.29. The smallest absolute Gasteiger partial charge is 0.0854 e. The molecule has 1 fully saturated rings. The van der Waals surface area contributed by atoms with Gasteiger partial charge in [0.1, 0.15) is 0 Å². The first kappa shape index (κ1) is 11.3. The van der Waals surface area contributed by atoms with Crippen LogP contribution in [0.1, 0.15) is 39.0 Å². The molecule has 1 aliphatic rings. The molecule has 78 valence electrons. The van der Waals surface area contributed by atoms with Crippen LogP contribution >= 0.6 is 0 Å². The fraction of sp³-hybridized carbons (Fsp3) is 1.00. The summed E-state index contributed by atoms with van der Waals surface area (Å²) >= 11 is 0. The van der Waals surface area contributed by atoms with E-state index < -0.39 is 8.07 Å². The largest absolute Gasteiger partial charge is 0.373 e. The zero-order valence-corrected chi connectivity index (χ0v) is 10.7. The topological polar surface area (TPSA) is 12.5 Å². The summed E-state index contributed by atoms with van der Waals surface area (Å²) in [6.45, 7) is 10.6. The number of unbranched alkanes of at least 4 members (excludes halogenated alkanes) is 3. The lowest BCUT2D eigenvalue weighted by atomic mass is 10.1. The van der Waals surface area contributed by atoms with Gasteiger partial charge in [-0.05, 0) is 6.42 Å². The molecule has 0 aromatic rings. The van der Waals surface area contributed by atoms with Crippen LogP contribution in [0.25, 0.3) is 0 Å². The third-order valence-corrected chi connectivity index (χ3v) is 6.57. The SMILES string of the molecule is CCCCCCC1([Si](C)(C)C)CO1. The molecular formula is C11H24OSi. The van der Waals surface area contributed by atoms with Crippen LogP contribution in [-0.2, 0) is 4.74 Å². The van der Waals surface area contributed by atoms with E-state index in [0.29, 0.717) is 5.22 Å². The fourth-order valence-electron chi connectivity index (χ4n) is 1.88. The minimum atomic E-state index is -1.06. The Hall–Kier alpha value is 0.177. The molecule has 1 aliphatic heterocycles. The first-order valence-corrected chi connectivity index (χ1v) is 9.16. The number of rotatable bonds is 6. The van der Waals surface area contributed by atoms with Gasteiger partial charge in [0.25, 0.3) is 0 Å². The zero-order chi connectivity index (χ0) is 9.95. The van der Waals surface area contributed by atoms with Gasteiger partial charge in [0.05, 0.1) is 19.9 Å². The quantitative estimate of drug-likeness (QED) is 0.362. The lowest BCUT2D eigenvalue weighted by Crippen LogP contribution is -2.41. The monoisotopic (exact) mass is 200 g/mol. The van der Waals surface area contributed by atoms with Gasteiger partial charge in [-0.15, -0.1) is 0 Å². The number of ether oxygens (including phenoxy) is 1. The Kier molecular flexibility index (Phi) is 3.58. The van der Waals surface area contributed by atoms with Crippen LogP contribution in [0.3, 0.4) is 0 Å². The van der Waals surface area contributed by atoms with E-state index in [1.54, 1.807) is 0 Å². The highest BCUT2D eigenvalue weighted by molar-refractivity contribution is 6.79. The summed E-state index contributed by atoms with van der Waals surface area (Å²) in [6, 6.07) is 0. The van der Waals surface area contributed by atoms with Crippen LogP contribution in [0.4, 0.5) is 0 Å². The van der Waals surface area contributed by atoms with Crippen molar-refractivity contribution in [3.05, 3.63) is 0 Å². The summed E-state index contributed by atoms with van der Waals surface area (Å²) in [4.78, 5) is 0. The fourth-order valence-corrected chi connectivity index (χ4v) is 3.74. The Morgan fingerprint density at radius 3 is 2.15 bits per heavy atom. The van der Waals surface area contributed by atoms with E-state index in [9.17, 15) is 0 Å². The molecule has 1 saturated heterocycles. The van der Waals surface area contributed by atoms with Crippen molar-refractivity contribution in [1.29, 1.82) is 0 Å². The minimum absolute atomic E-state index is 0.376. The van der Waals surface area contributed by atoms with E-state index in [2.05, 4.69) is 26.6 Å². The summed E-state index contributed by atoms with van der Waals surface area (Å²) < 4.78 is 5.70. The molecule has 1 unspecified atom stereocenters. The van der Waals surface area contributed by atoms with Crippen LogP contribution in [0, 0.1) is 0 Å². The molecule has 1 heterocycles. The van der Waals surface area contributed by atoms with Crippen molar-refractivity contribution >= 4 is 8.07 Å². The van der Waals surface area contributed by atoms with Crippen LogP contribution in [0.5, 0.6) is 0 Å². The Balaban J connectivity index is 2.21. The molecule has 0 N–H and O–H groups in total. The summed E-state index contributed by atoms with van der Waals surface area (Å²) in [5, 5.41) is 0.376. The van der Waals surface area contributed by atoms with Crippen molar-refractivity contribution in [1.82, 2.24) is 0 Å². The van der Waals surface area contributed by atoms with Crippen molar-refractivity contribution < 1.29 is 4.74 Å². The maximum Gasteiger partial charge on any atom is 0.0854 e. The highest BCUT2D eigenvalue weighted by atomic mass is 28.3. The second-order valence-corrected chi connectivity index (χ2v) is 10.8. The number of hydrogen-bond acceptors (Lipinski definition) is 1. The predicted molar refractivity (Wildman–Crippen MR) is 60.8 cm³/mol. The first-order chi connectivity index (χ1) is 6.02. The van der Waals surface area contributed by atoms with Crippen molar-refractivity contribution in [2.24, 2.45) is 0 Å². The predicted octanol–water partition coefficient (Wildman–Crippen LogP) is 3.60. The molecule has 0 radical (unpaired) electrons. The van der Waals surface area contributed by atoms with E-state index in [0.717, 1.165) is 6.61 Å². The van der Waals surface area contributed by atoms with E-state index in [1.807, 2.05) is 0 Å². The average molecular weight is 200 g/mol. The standard InChI is InChI=1S/C11H24OSi/c1-5-6-7-8-9-11(10-12-11)13(2,3)4/h5-10H2,1-4H3. The summed E-state index contributed by atoms with van der Waals surface area (Å²) in [5.74, 6) is 0. The van der Waals surface area contributed by atoms with Gasteiger partial charge < -0.3 is 4.74 Å². The van der Waals surface area contributed by atoms with Gasteiger partial charge in [0, 0.05) is 0 Å². The van der Waals surface area contributed by atoms with E-state index in [4.69, 9.17) is 4.74 Å². The maximum absolute atomic E-state index is 5.70. The van der Waals surface area contributed by atoms with Gasteiger partial charge in [-0.3, -0.25) is 0 Å². The Bertz CT molecular complexity index is 156. The van der Waals surface area contributed by atoms with Crippen molar-refractivity contribution in [3.63, 3.8) is 0 Å². The van der Waals surface area contributed by atoms with Crippen LogP contribution < -0.4 is 0 Å². The second-order valence-electron chi connectivity index (χ2n) is 5.34. The highest BCUT2D eigenvalue weighted by Gasteiger charge is 2.54. The molecule has 0 aliphatic carbocycles. The molecule has 1 rings (SSSR count). The third kappa shape index (κ3) is 2.81. The molecule has 1 atom stereocenters. The van der Waals surface area contributed by atoms with Crippen LogP contribution in [0.15, 0.2) is 0 Å². The van der Waals surface area contributed by atoms with Gasteiger partial charge in [-0.2, -0.15) is 0 Å². The molecule has 0 amide bonds. The molecule has 13 heavy (non-hydrogen) atoms. The van der Waals surface area contributed by atoms with Gasteiger partial charge >= 0.3 is 0 Å². The Morgan fingerprint density at radius 1 is 1.15 bits per heavy atom. The highest BCUT2D eigenvalue weighted by Crippen LogP contribution is 2.41. The zero-order valence-electron chi connectivity index (χ0n) is 9.65. The van der Waals surface area contributed by atoms with Gasteiger partial charge in [0.15, 0.2) is 0 Å². The van der Waals surface area contributed by atoms with E-state index in [1.165, 1.54) is 32.1 Å². The normalized spacial score (nSPS) is 27.7. The average Bonchev–Trinajstić information content (AvgIpc) is 2.77. The lowest BCUT2D eigenvalue weighted by Gasteiger charge is -2.25. The summed E-state index contributed by atoms with van der Waals surface area (Å²) in [6.07, 6.45) is 6.81. The van der Waals surface area contributed by atoms with Crippen LogP contribution in [-0.4, -0.2) is 19.9 Å². The molecular weight excluding hydrogens is 176 g/mol. The minimum Gasteiger partial charge on any atom is -0.373 e. The number of hydrogen-bond donors (Lipinski definition) is 0. The Labute approximate surface area is 83.9 Å². The molecule has 0 aromatic carbocycles. The maximum atomic E-state index is 5.70. The first-order valence-electron chi connectivity index (χ1n) is 5.66. The van der Waals surface area contributed by atoms with E-state index in [-0.39, 0.29) is 0 Å². The number of epoxide rings is 1. The van der Waals surface area contributed by atoms with E-state index >= 15 is 0 Å². The van der Waals surface area contributed by atoms with Gasteiger partial charge in [-0.25, -0.2) is 0 Å². The molecule has 1 nitrogen and oxygen atoms in total. The summed E-state index contributed by atoms with van der Waals surface area (Å²) in [7, 11) is -1.06. The van der Waals surface area contributed by atoms with Crippen LogP contribution in [0.2, 0.25) is 19.6 Å². The van der Waals surface area contributed by atoms with Gasteiger partial charge in [-0.1, -0.05) is 52.2 Å². The van der Waals surface area contributed by atoms with Gasteiger partial charge in [0.2, 0.25) is 0 Å². The van der Waals surface area contributed by atoms with Crippen molar-refractivity contribution in [3.8, 4) is 0 Å². The molecule has 0 bridgehead atoms. The Morgan fingerprint density at radius 2 is 1.77 bits per heavy atom. The molecule has 2 heteroatoms. The molecule has 0 aromatic heterocycles. The second kappa shape index (κ2) is 4.14.